The molecule has 1 rings (SSSR count). The molecule has 1 atom stereocenters. The number of rotatable bonds is 5. The zero-order valence-electron chi connectivity index (χ0n) is 14.0. The van der Waals surface area contributed by atoms with E-state index >= 15 is 0 Å². The van der Waals surface area contributed by atoms with Crippen LogP contribution in [0, 0.1) is 0 Å². The summed E-state index contributed by atoms with van der Waals surface area (Å²) < 4.78 is 11.9. The SMILES string of the molecule is CN=C(NCCS(=O)C(C)(C)C)N(C)Cc1ccccc1Cl. The van der Waals surface area contributed by atoms with Gasteiger partial charge in [-0.2, -0.15) is 0 Å². The Morgan fingerprint density at radius 1 is 1.36 bits per heavy atom. The first kappa shape index (κ1) is 19.0. The van der Waals surface area contributed by atoms with Gasteiger partial charge in [-0.05, 0) is 32.4 Å². The standard InChI is InChI=1S/C16H26ClN3OS/c1-16(2,3)22(21)11-10-19-15(18-4)20(5)12-13-8-6-7-9-14(13)17/h6-9H,10-12H2,1-5H3,(H,18,19). The van der Waals surface area contributed by atoms with Gasteiger partial charge in [-0.3, -0.25) is 9.20 Å². The first-order chi connectivity index (χ1) is 10.3. The molecule has 124 valence electrons. The van der Waals surface area contributed by atoms with Gasteiger partial charge in [0.2, 0.25) is 0 Å². The molecule has 1 aromatic carbocycles. The summed E-state index contributed by atoms with van der Waals surface area (Å²) in [6, 6.07) is 7.77. The summed E-state index contributed by atoms with van der Waals surface area (Å²) in [5.74, 6) is 1.37. The summed E-state index contributed by atoms with van der Waals surface area (Å²) >= 11 is 6.19. The molecule has 1 unspecified atom stereocenters. The Hall–Kier alpha value is -1.07. The zero-order valence-corrected chi connectivity index (χ0v) is 15.6. The number of benzene rings is 1. The molecule has 0 aliphatic carbocycles. The van der Waals surface area contributed by atoms with Gasteiger partial charge >= 0.3 is 0 Å². The lowest BCUT2D eigenvalue weighted by Crippen LogP contribution is -2.41. The molecule has 0 aliphatic rings. The molecular weight excluding hydrogens is 318 g/mol. The lowest BCUT2D eigenvalue weighted by molar-refractivity contribution is 0.479. The number of halogens is 1. The minimum absolute atomic E-state index is 0.186. The third-order valence-electron chi connectivity index (χ3n) is 3.19. The molecule has 0 saturated carbocycles. The molecule has 0 amide bonds. The van der Waals surface area contributed by atoms with Gasteiger partial charge in [-0.15, -0.1) is 0 Å². The molecule has 0 spiro atoms. The highest BCUT2D eigenvalue weighted by Crippen LogP contribution is 2.16. The summed E-state index contributed by atoms with van der Waals surface area (Å²) in [7, 11) is 2.83. The highest BCUT2D eigenvalue weighted by molar-refractivity contribution is 7.86. The van der Waals surface area contributed by atoms with Gasteiger partial charge in [0, 0.05) is 53.5 Å². The molecule has 0 aromatic heterocycles. The monoisotopic (exact) mass is 343 g/mol. The maximum atomic E-state index is 12.0. The van der Waals surface area contributed by atoms with Crippen LogP contribution in [0.4, 0.5) is 0 Å². The van der Waals surface area contributed by atoms with E-state index in [0.717, 1.165) is 16.5 Å². The number of nitrogens with one attached hydrogen (secondary N) is 1. The molecule has 1 aromatic rings. The minimum Gasteiger partial charge on any atom is -0.355 e. The van der Waals surface area contributed by atoms with Crippen LogP contribution in [0.1, 0.15) is 26.3 Å². The van der Waals surface area contributed by atoms with E-state index in [2.05, 4.69) is 10.3 Å². The van der Waals surface area contributed by atoms with Crippen LogP contribution in [0.5, 0.6) is 0 Å². The molecule has 0 radical (unpaired) electrons. The van der Waals surface area contributed by atoms with Crippen LogP contribution in [-0.2, 0) is 17.3 Å². The summed E-state index contributed by atoms with van der Waals surface area (Å²) in [4.78, 5) is 6.26. The van der Waals surface area contributed by atoms with E-state index in [9.17, 15) is 4.21 Å². The topological polar surface area (TPSA) is 44.7 Å². The molecule has 0 bridgehead atoms. The minimum atomic E-state index is -0.868. The van der Waals surface area contributed by atoms with Gasteiger partial charge < -0.3 is 10.2 Å². The second-order valence-corrected chi connectivity index (χ2v) is 8.81. The predicted molar refractivity (Wildman–Crippen MR) is 97.0 cm³/mol. The number of hydrogen-bond acceptors (Lipinski definition) is 2. The van der Waals surface area contributed by atoms with Gasteiger partial charge in [0.1, 0.15) is 0 Å². The molecule has 6 heteroatoms. The van der Waals surface area contributed by atoms with Crippen molar-refractivity contribution in [3.8, 4) is 0 Å². The fourth-order valence-electron chi connectivity index (χ4n) is 1.90. The number of nitrogens with zero attached hydrogens (tertiary/aromatic N) is 2. The fourth-order valence-corrected chi connectivity index (χ4v) is 3.00. The summed E-state index contributed by atoms with van der Waals surface area (Å²) in [5, 5.41) is 4.00. The molecule has 22 heavy (non-hydrogen) atoms. The molecule has 0 fully saturated rings. The van der Waals surface area contributed by atoms with E-state index in [-0.39, 0.29) is 4.75 Å². The highest BCUT2D eigenvalue weighted by Gasteiger charge is 2.19. The summed E-state index contributed by atoms with van der Waals surface area (Å²) in [6.45, 7) is 7.26. The Kier molecular flexibility index (Phi) is 7.36. The Balaban J connectivity index is 2.54. The normalized spacial score (nSPS) is 13.8. The summed E-state index contributed by atoms with van der Waals surface area (Å²) in [6.07, 6.45) is 0. The average molecular weight is 344 g/mol. The van der Waals surface area contributed by atoms with Crippen LogP contribution in [0.3, 0.4) is 0 Å². The van der Waals surface area contributed by atoms with E-state index in [1.807, 2.05) is 57.0 Å². The highest BCUT2D eigenvalue weighted by atomic mass is 35.5. The van der Waals surface area contributed by atoms with Crippen molar-refractivity contribution in [2.24, 2.45) is 4.99 Å². The fraction of sp³-hybridized carbons (Fsp3) is 0.562. The quantitative estimate of drug-likeness (QED) is 0.660. The number of aliphatic imine (C=N–C) groups is 1. The second kappa shape index (κ2) is 8.53. The smallest absolute Gasteiger partial charge is 0.193 e. The van der Waals surface area contributed by atoms with Crippen molar-refractivity contribution in [2.45, 2.75) is 32.1 Å². The molecular formula is C16H26ClN3OS. The number of hydrogen-bond donors (Lipinski definition) is 1. The van der Waals surface area contributed by atoms with Crippen molar-refractivity contribution in [2.75, 3.05) is 26.4 Å². The molecule has 0 saturated heterocycles. The van der Waals surface area contributed by atoms with Crippen molar-refractivity contribution in [1.29, 1.82) is 0 Å². The average Bonchev–Trinajstić information content (AvgIpc) is 2.44. The molecule has 1 N–H and O–H groups in total. The number of guanidine groups is 1. The van der Waals surface area contributed by atoms with Crippen LogP contribution < -0.4 is 5.32 Å². The van der Waals surface area contributed by atoms with Gasteiger partial charge in [-0.25, -0.2) is 0 Å². The van der Waals surface area contributed by atoms with Gasteiger partial charge in [0.05, 0.1) is 0 Å². The van der Waals surface area contributed by atoms with Gasteiger partial charge in [0.15, 0.2) is 5.96 Å². The Bertz CT molecular complexity index is 540. The van der Waals surface area contributed by atoms with E-state index in [1.165, 1.54) is 0 Å². The first-order valence-electron chi connectivity index (χ1n) is 7.29. The van der Waals surface area contributed by atoms with Gasteiger partial charge in [-0.1, -0.05) is 29.8 Å². The van der Waals surface area contributed by atoms with Crippen LogP contribution in [-0.4, -0.2) is 46.2 Å². The Labute approximate surface area is 141 Å². The largest absolute Gasteiger partial charge is 0.355 e. The van der Waals surface area contributed by atoms with Crippen LogP contribution >= 0.6 is 11.6 Å². The zero-order chi connectivity index (χ0) is 16.8. The van der Waals surface area contributed by atoms with E-state index in [4.69, 9.17) is 11.6 Å². The van der Waals surface area contributed by atoms with Crippen molar-refractivity contribution in [3.05, 3.63) is 34.9 Å². The predicted octanol–water partition coefficient (Wildman–Crippen LogP) is 2.89. The molecule has 0 heterocycles. The van der Waals surface area contributed by atoms with Crippen LogP contribution in [0.2, 0.25) is 5.02 Å². The lowest BCUT2D eigenvalue weighted by atomic mass is 10.2. The lowest BCUT2D eigenvalue weighted by Gasteiger charge is -2.23. The van der Waals surface area contributed by atoms with Gasteiger partial charge in [0.25, 0.3) is 0 Å². The second-order valence-electron chi connectivity index (χ2n) is 6.08. The van der Waals surface area contributed by atoms with Crippen LogP contribution in [0.25, 0.3) is 0 Å². The van der Waals surface area contributed by atoms with Crippen molar-refractivity contribution >= 4 is 28.4 Å². The Morgan fingerprint density at radius 3 is 2.55 bits per heavy atom. The maximum absolute atomic E-state index is 12.0. The molecule has 0 aliphatic heterocycles. The van der Waals surface area contributed by atoms with E-state index in [0.29, 0.717) is 18.8 Å². The Morgan fingerprint density at radius 2 is 2.00 bits per heavy atom. The maximum Gasteiger partial charge on any atom is 0.193 e. The van der Waals surface area contributed by atoms with Crippen molar-refractivity contribution in [3.63, 3.8) is 0 Å². The van der Waals surface area contributed by atoms with Crippen molar-refractivity contribution in [1.82, 2.24) is 10.2 Å². The van der Waals surface area contributed by atoms with E-state index < -0.39 is 10.8 Å². The first-order valence-corrected chi connectivity index (χ1v) is 8.99. The molecule has 4 nitrogen and oxygen atoms in total. The van der Waals surface area contributed by atoms with E-state index in [1.54, 1.807) is 7.05 Å². The third kappa shape index (κ3) is 5.97. The van der Waals surface area contributed by atoms with Crippen molar-refractivity contribution < 1.29 is 4.21 Å². The third-order valence-corrected chi connectivity index (χ3v) is 5.50. The summed E-state index contributed by atoms with van der Waals surface area (Å²) in [5.41, 5.74) is 1.05. The van der Waals surface area contributed by atoms with Crippen LogP contribution in [0.15, 0.2) is 29.3 Å².